The second-order valence-electron chi connectivity index (χ2n) is 8.09. The summed E-state index contributed by atoms with van der Waals surface area (Å²) in [6.45, 7) is 13.7. The maximum atomic E-state index is 4.33. The van der Waals surface area contributed by atoms with Gasteiger partial charge in [-0.15, -0.1) is 0 Å². The molecule has 3 aromatic rings. The molecule has 4 N–H and O–H groups in total. The molecule has 0 radical (unpaired) electrons. The van der Waals surface area contributed by atoms with Gasteiger partial charge < -0.3 is 16.0 Å². The minimum Gasteiger partial charge on any atom is -0.388 e. The summed E-state index contributed by atoms with van der Waals surface area (Å²) in [7, 11) is 1.92. The van der Waals surface area contributed by atoms with Crippen LogP contribution in [0.2, 0.25) is 0 Å². The number of aryl methyl sites for hydroxylation is 2. The van der Waals surface area contributed by atoms with Crippen LogP contribution in [0.15, 0.2) is 97.3 Å². The molecule has 2 aromatic carbocycles. The molecule has 1 aromatic heterocycles. The highest BCUT2D eigenvalue weighted by Gasteiger charge is 2.03. The molecule has 0 unspecified atom stereocenters. The summed E-state index contributed by atoms with van der Waals surface area (Å²) in [6.07, 6.45) is 5.91. The number of hydrogen-bond acceptors (Lipinski definition) is 4. The van der Waals surface area contributed by atoms with E-state index >= 15 is 0 Å². The van der Waals surface area contributed by atoms with Gasteiger partial charge in [-0.3, -0.25) is 5.10 Å². The minimum absolute atomic E-state index is 0.606. The molecule has 5 nitrogen and oxygen atoms in total. The molecule has 170 valence electrons. The van der Waals surface area contributed by atoms with Crippen molar-refractivity contribution in [3.8, 4) is 11.3 Å². The second kappa shape index (κ2) is 11.6. The molecule has 0 atom stereocenters. The lowest BCUT2D eigenvalue weighted by Gasteiger charge is -2.09. The fraction of sp³-hybridized carbons (Fsp3) is 0.179. The summed E-state index contributed by atoms with van der Waals surface area (Å²) in [5.41, 5.74) is 8.69. The van der Waals surface area contributed by atoms with E-state index in [0.29, 0.717) is 13.1 Å². The van der Waals surface area contributed by atoms with Gasteiger partial charge in [0.2, 0.25) is 0 Å². The number of anilines is 1. The standard InChI is InChI=1S/C28H33N5/c1-20-6-10-24(11-7-20)26(29-5)16-23(4)18-30-15-14-22(3)19-31-28-17-27(32-33-28)25-12-8-21(2)9-13-25/h6-17,29-30H,3-4,18-19H2,1-2,5H3,(H2,31,32,33)/b15-14+,26-16-. The number of H-pyrrole nitrogens is 1. The molecule has 1 heterocycles. The van der Waals surface area contributed by atoms with Gasteiger partial charge in [0.25, 0.3) is 0 Å². The van der Waals surface area contributed by atoms with Crippen molar-refractivity contribution in [2.24, 2.45) is 0 Å². The average molecular weight is 440 g/mol. The van der Waals surface area contributed by atoms with Crippen LogP contribution < -0.4 is 16.0 Å². The Kier molecular flexibility index (Phi) is 8.30. The van der Waals surface area contributed by atoms with E-state index in [4.69, 9.17) is 0 Å². The number of hydrogen-bond donors (Lipinski definition) is 4. The van der Waals surface area contributed by atoms with Crippen LogP contribution in [-0.2, 0) is 0 Å². The summed E-state index contributed by atoms with van der Waals surface area (Å²) >= 11 is 0. The summed E-state index contributed by atoms with van der Waals surface area (Å²) < 4.78 is 0. The van der Waals surface area contributed by atoms with Crippen LogP contribution in [0.5, 0.6) is 0 Å². The lowest BCUT2D eigenvalue weighted by molar-refractivity contribution is 0.954. The van der Waals surface area contributed by atoms with Crippen LogP contribution in [0.4, 0.5) is 5.82 Å². The predicted octanol–water partition coefficient (Wildman–Crippen LogP) is 5.58. The van der Waals surface area contributed by atoms with Gasteiger partial charge in [-0.05, 0) is 54.5 Å². The summed E-state index contributed by atoms with van der Waals surface area (Å²) in [4.78, 5) is 0. The van der Waals surface area contributed by atoms with E-state index in [1.165, 1.54) is 11.1 Å². The first-order valence-corrected chi connectivity index (χ1v) is 11.0. The van der Waals surface area contributed by atoms with E-state index in [9.17, 15) is 0 Å². The van der Waals surface area contributed by atoms with Gasteiger partial charge in [0.1, 0.15) is 5.82 Å². The van der Waals surface area contributed by atoms with Gasteiger partial charge in [0.05, 0.1) is 5.69 Å². The maximum Gasteiger partial charge on any atom is 0.148 e. The average Bonchev–Trinajstić information content (AvgIpc) is 3.29. The number of aromatic amines is 1. The molecular weight excluding hydrogens is 406 g/mol. The van der Waals surface area contributed by atoms with Gasteiger partial charge >= 0.3 is 0 Å². The topological polar surface area (TPSA) is 64.8 Å². The molecule has 0 saturated heterocycles. The molecule has 0 aliphatic rings. The predicted molar refractivity (Wildman–Crippen MR) is 141 cm³/mol. The molecule has 0 spiro atoms. The van der Waals surface area contributed by atoms with Gasteiger partial charge in [-0.25, -0.2) is 0 Å². The third kappa shape index (κ3) is 7.28. The highest BCUT2D eigenvalue weighted by atomic mass is 15.2. The Hall–Kier alpha value is -3.99. The summed E-state index contributed by atoms with van der Waals surface area (Å²) in [5.74, 6) is 0.794. The number of rotatable bonds is 11. The second-order valence-corrected chi connectivity index (χ2v) is 8.09. The molecule has 0 aliphatic carbocycles. The molecule has 0 bridgehead atoms. The zero-order chi connectivity index (χ0) is 23.6. The fourth-order valence-corrected chi connectivity index (χ4v) is 3.21. The van der Waals surface area contributed by atoms with Crippen molar-refractivity contribution in [1.82, 2.24) is 20.8 Å². The van der Waals surface area contributed by atoms with Crippen LogP contribution in [0, 0.1) is 13.8 Å². The van der Waals surface area contributed by atoms with Gasteiger partial charge in [-0.2, -0.15) is 5.10 Å². The Labute approximate surface area is 197 Å². The van der Waals surface area contributed by atoms with Crippen molar-refractivity contribution in [2.45, 2.75) is 13.8 Å². The van der Waals surface area contributed by atoms with E-state index in [1.54, 1.807) is 0 Å². The van der Waals surface area contributed by atoms with Crippen LogP contribution >= 0.6 is 0 Å². The Morgan fingerprint density at radius 3 is 2.27 bits per heavy atom. The first-order chi connectivity index (χ1) is 15.9. The van der Waals surface area contributed by atoms with Crippen LogP contribution in [0.25, 0.3) is 17.0 Å². The van der Waals surface area contributed by atoms with E-state index < -0.39 is 0 Å². The molecule has 0 fully saturated rings. The Morgan fingerprint density at radius 1 is 0.939 bits per heavy atom. The monoisotopic (exact) mass is 439 g/mol. The van der Waals surface area contributed by atoms with E-state index in [0.717, 1.165) is 39.5 Å². The van der Waals surface area contributed by atoms with Crippen molar-refractivity contribution in [1.29, 1.82) is 0 Å². The SMILES string of the molecule is C=C(/C=C(\NC)c1ccc(C)cc1)CN/C=C/C(=C)CNc1cc(-c2ccc(C)cc2)[nH]n1. The minimum atomic E-state index is 0.606. The van der Waals surface area contributed by atoms with Crippen LogP contribution in [0.3, 0.4) is 0 Å². The van der Waals surface area contributed by atoms with Gasteiger partial charge in [0, 0.05) is 31.9 Å². The van der Waals surface area contributed by atoms with Gasteiger partial charge in [-0.1, -0.05) is 72.8 Å². The van der Waals surface area contributed by atoms with Crippen molar-refractivity contribution in [3.05, 3.63) is 114 Å². The van der Waals surface area contributed by atoms with E-state index in [-0.39, 0.29) is 0 Å². The quantitative estimate of drug-likeness (QED) is 0.295. The number of nitrogens with zero attached hydrogens (tertiary/aromatic N) is 1. The Morgan fingerprint density at radius 2 is 1.61 bits per heavy atom. The molecule has 0 saturated carbocycles. The number of benzene rings is 2. The molecule has 5 heteroatoms. The maximum absolute atomic E-state index is 4.33. The van der Waals surface area contributed by atoms with E-state index in [2.05, 4.69) is 108 Å². The fourth-order valence-electron chi connectivity index (χ4n) is 3.21. The normalized spacial score (nSPS) is 11.4. The smallest absolute Gasteiger partial charge is 0.148 e. The largest absolute Gasteiger partial charge is 0.388 e. The molecule has 33 heavy (non-hydrogen) atoms. The van der Waals surface area contributed by atoms with Crippen molar-refractivity contribution in [3.63, 3.8) is 0 Å². The highest BCUT2D eigenvalue weighted by molar-refractivity contribution is 5.66. The Balaban J connectivity index is 1.43. The van der Waals surface area contributed by atoms with Crippen molar-refractivity contribution >= 4 is 11.5 Å². The van der Waals surface area contributed by atoms with Gasteiger partial charge in [0.15, 0.2) is 0 Å². The molecule has 0 amide bonds. The molecule has 3 rings (SSSR count). The van der Waals surface area contributed by atoms with Crippen LogP contribution in [0.1, 0.15) is 16.7 Å². The number of aromatic nitrogens is 2. The zero-order valence-electron chi connectivity index (χ0n) is 19.7. The number of nitrogens with one attached hydrogen (secondary N) is 4. The van der Waals surface area contributed by atoms with Crippen molar-refractivity contribution in [2.75, 3.05) is 25.5 Å². The molecular formula is C28H33N5. The Bertz CT molecular complexity index is 1130. The first-order valence-electron chi connectivity index (χ1n) is 11.0. The lowest BCUT2D eigenvalue weighted by atomic mass is 10.1. The third-order valence-corrected chi connectivity index (χ3v) is 5.18. The van der Waals surface area contributed by atoms with Crippen molar-refractivity contribution < 1.29 is 0 Å². The highest BCUT2D eigenvalue weighted by Crippen LogP contribution is 2.20. The molecule has 0 aliphatic heterocycles. The third-order valence-electron chi connectivity index (χ3n) is 5.18. The summed E-state index contributed by atoms with van der Waals surface area (Å²) in [5, 5.41) is 17.2. The first kappa shape index (κ1) is 23.7. The van der Waals surface area contributed by atoms with E-state index in [1.807, 2.05) is 25.4 Å². The lowest BCUT2D eigenvalue weighted by Crippen LogP contribution is -2.11. The zero-order valence-corrected chi connectivity index (χ0v) is 19.7. The van der Waals surface area contributed by atoms with Crippen LogP contribution in [-0.4, -0.2) is 30.3 Å². The summed E-state index contributed by atoms with van der Waals surface area (Å²) in [6, 6.07) is 18.8.